The average Bonchev–Trinajstić information content (AvgIpc) is 2.36. The van der Waals surface area contributed by atoms with Crippen molar-refractivity contribution in [1.82, 2.24) is 10.2 Å². The van der Waals surface area contributed by atoms with E-state index in [1.165, 1.54) is 11.8 Å². The van der Waals surface area contributed by atoms with Gasteiger partial charge in [-0.05, 0) is 6.92 Å². The van der Waals surface area contributed by atoms with Crippen LogP contribution in [0.4, 0.5) is 17.6 Å². The topological polar surface area (TPSA) is 41.6 Å². The predicted molar refractivity (Wildman–Crippen MR) is 55.8 cm³/mol. The van der Waals surface area contributed by atoms with E-state index in [2.05, 4.69) is 10.1 Å². The lowest BCUT2D eigenvalue weighted by Gasteiger charge is -2.30. The number of hydrogen-bond donors (Lipinski definition) is 1. The first-order valence-electron chi connectivity index (χ1n) is 5.61. The molecule has 1 unspecified atom stereocenters. The van der Waals surface area contributed by atoms with Crippen LogP contribution in [0.3, 0.4) is 0 Å². The molecule has 0 saturated carbocycles. The standard InChI is InChI=1S/C10H16F4N2O2/c1-7(18-6-10(13,14)9(11)12)8(17)16-4-2-15-3-5-16/h7,9,15H,2-6H2,1H3. The van der Waals surface area contributed by atoms with Crippen molar-refractivity contribution < 1.29 is 27.1 Å². The van der Waals surface area contributed by atoms with Crippen LogP contribution in [0.1, 0.15) is 6.92 Å². The maximum absolute atomic E-state index is 12.6. The number of piperazine rings is 1. The summed E-state index contributed by atoms with van der Waals surface area (Å²) in [6.45, 7) is 1.97. The van der Waals surface area contributed by atoms with E-state index >= 15 is 0 Å². The number of nitrogens with zero attached hydrogens (tertiary/aromatic N) is 1. The van der Waals surface area contributed by atoms with Gasteiger partial charge in [0.25, 0.3) is 5.91 Å². The SMILES string of the molecule is CC(OCC(F)(F)C(F)F)C(=O)N1CCNCC1. The van der Waals surface area contributed by atoms with Gasteiger partial charge in [0.2, 0.25) is 0 Å². The number of amides is 1. The van der Waals surface area contributed by atoms with E-state index in [1.807, 2.05) is 0 Å². The van der Waals surface area contributed by atoms with Crippen molar-refractivity contribution in [2.45, 2.75) is 25.4 Å². The Morgan fingerprint density at radius 1 is 1.39 bits per heavy atom. The Labute approximate surface area is 102 Å². The van der Waals surface area contributed by atoms with E-state index < -0.39 is 31.0 Å². The van der Waals surface area contributed by atoms with Gasteiger partial charge in [0.15, 0.2) is 0 Å². The second-order valence-electron chi connectivity index (χ2n) is 4.09. The Bertz CT molecular complexity index is 283. The molecule has 0 radical (unpaired) electrons. The van der Waals surface area contributed by atoms with Crippen molar-refractivity contribution in [2.75, 3.05) is 32.8 Å². The third-order valence-corrected chi connectivity index (χ3v) is 2.62. The Hall–Kier alpha value is -0.890. The molecular weight excluding hydrogens is 256 g/mol. The third-order valence-electron chi connectivity index (χ3n) is 2.62. The fraction of sp³-hybridized carbons (Fsp3) is 0.900. The first-order chi connectivity index (χ1) is 8.34. The average molecular weight is 272 g/mol. The highest BCUT2D eigenvalue weighted by molar-refractivity contribution is 5.80. The minimum absolute atomic E-state index is 0.456. The number of nitrogens with one attached hydrogen (secondary N) is 1. The number of rotatable bonds is 5. The van der Waals surface area contributed by atoms with Gasteiger partial charge in [0.05, 0.1) is 0 Å². The summed E-state index contributed by atoms with van der Waals surface area (Å²) < 4.78 is 53.5. The van der Waals surface area contributed by atoms with E-state index in [-0.39, 0.29) is 0 Å². The largest absolute Gasteiger partial charge is 0.362 e. The van der Waals surface area contributed by atoms with Crippen LogP contribution in [-0.2, 0) is 9.53 Å². The van der Waals surface area contributed by atoms with Crippen molar-refractivity contribution in [1.29, 1.82) is 0 Å². The van der Waals surface area contributed by atoms with E-state index in [0.717, 1.165) is 0 Å². The Balaban J connectivity index is 2.40. The molecule has 1 heterocycles. The molecule has 0 aliphatic carbocycles. The van der Waals surface area contributed by atoms with Crippen LogP contribution in [0.2, 0.25) is 0 Å². The van der Waals surface area contributed by atoms with E-state index in [1.54, 1.807) is 0 Å². The summed E-state index contributed by atoms with van der Waals surface area (Å²) in [5.41, 5.74) is 0. The maximum Gasteiger partial charge on any atom is 0.330 e. The van der Waals surface area contributed by atoms with Gasteiger partial charge in [0, 0.05) is 26.2 Å². The molecule has 8 heteroatoms. The lowest BCUT2D eigenvalue weighted by molar-refractivity contribution is -0.181. The molecule has 1 rings (SSSR count). The number of carbonyl (C=O) groups excluding carboxylic acids is 1. The molecule has 1 fully saturated rings. The van der Waals surface area contributed by atoms with Gasteiger partial charge in [-0.25, -0.2) is 8.78 Å². The summed E-state index contributed by atoms with van der Waals surface area (Å²) in [6.07, 6.45) is -4.94. The number of carbonyl (C=O) groups is 1. The summed E-state index contributed by atoms with van der Waals surface area (Å²) in [6, 6.07) is 0. The number of halogens is 4. The van der Waals surface area contributed by atoms with Gasteiger partial charge in [-0.1, -0.05) is 0 Å². The number of alkyl halides is 4. The van der Waals surface area contributed by atoms with Crippen molar-refractivity contribution in [2.24, 2.45) is 0 Å². The first kappa shape index (κ1) is 15.2. The van der Waals surface area contributed by atoms with Crippen LogP contribution in [0.25, 0.3) is 0 Å². The third kappa shape index (κ3) is 4.09. The zero-order valence-corrected chi connectivity index (χ0v) is 9.97. The van der Waals surface area contributed by atoms with E-state index in [0.29, 0.717) is 26.2 Å². The Morgan fingerprint density at radius 2 is 1.94 bits per heavy atom. The highest BCUT2D eigenvalue weighted by Crippen LogP contribution is 2.23. The van der Waals surface area contributed by atoms with Gasteiger partial charge < -0.3 is 15.0 Å². The molecule has 0 aromatic rings. The molecule has 106 valence electrons. The normalized spacial score (nSPS) is 19.1. The molecule has 1 amide bonds. The summed E-state index contributed by atoms with van der Waals surface area (Å²) in [5, 5.41) is 3.03. The molecular formula is C10H16F4N2O2. The van der Waals surface area contributed by atoms with Crippen LogP contribution < -0.4 is 5.32 Å². The fourth-order valence-corrected chi connectivity index (χ4v) is 1.51. The van der Waals surface area contributed by atoms with Crippen LogP contribution in [0.15, 0.2) is 0 Å². The molecule has 1 aliphatic rings. The minimum Gasteiger partial charge on any atom is -0.362 e. The zero-order valence-electron chi connectivity index (χ0n) is 9.97. The Morgan fingerprint density at radius 3 is 2.44 bits per heavy atom. The molecule has 1 saturated heterocycles. The Kier molecular flexibility index (Phi) is 5.33. The summed E-state index contributed by atoms with van der Waals surface area (Å²) >= 11 is 0. The van der Waals surface area contributed by atoms with Gasteiger partial charge >= 0.3 is 12.3 Å². The zero-order chi connectivity index (χ0) is 13.8. The van der Waals surface area contributed by atoms with Gasteiger partial charge in [-0.3, -0.25) is 4.79 Å². The smallest absolute Gasteiger partial charge is 0.330 e. The van der Waals surface area contributed by atoms with Crippen LogP contribution in [0, 0.1) is 0 Å². The molecule has 0 aromatic heterocycles. The van der Waals surface area contributed by atoms with Crippen LogP contribution in [-0.4, -0.2) is 62.0 Å². The minimum atomic E-state index is -4.22. The van der Waals surface area contributed by atoms with Crippen molar-refractivity contribution in [3.8, 4) is 0 Å². The summed E-state index contributed by atoms with van der Waals surface area (Å²) in [4.78, 5) is 13.2. The van der Waals surface area contributed by atoms with E-state index in [4.69, 9.17) is 0 Å². The van der Waals surface area contributed by atoms with Crippen LogP contribution in [0.5, 0.6) is 0 Å². The molecule has 0 bridgehead atoms. The molecule has 1 N–H and O–H groups in total. The van der Waals surface area contributed by atoms with Crippen molar-refractivity contribution in [3.63, 3.8) is 0 Å². The molecule has 4 nitrogen and oxygen atoms in total. The van der Waals surface area contributed by atoms with Crippen molar-refractivity contribution >= 4 is 5.91 Å². The number of hydrogen-bond acceptors (Lipinski definition) is 3. The summed E-state index contributed by atoms with van der Waals surface area (Å²) in [5.74, 6) is -4.68. The molecule has 1 aliphatic heterocycles. The monoisotopic (exact) mass is 272 g/mol. The second kappa shape index (κ2) is 6.33. The lowest BCUT2D eigenvalue weighted by Crippen LogP contribution is -2.50. The number of ether oxygens (including phenoxy) is 1. The molecule has 18 heavy (non-hydrogen) atoms. The highest BCUT2D eigenvalue weighted by atomic mass is 19.3. The first-order valence-corrected chi connectivity index (χ1v) is 5.61. The quantitative estimate of drug-likeness (QED) is 0.750. The maximum atomic E-state index is 12.6. The van der Waals surface area contributed by atoms with Gasteiger partial charge in [-0.2, -0.15) is 8.78 Å². The van der Waals surface area contributed by atoms with E-state index in [9.17, 15) is 22.4 Å². The van der Waals surface area contributed by atoms with Crippen molar-refractivity contribution in [3.05, 3.63) is 0 Å². The molecule has 0 spiro atoms. The predicted octanol–water partition coefficient (Wildman–Crippen LogP) is 0.724. The molecule has 1 atom stereocenters. The fourth-order valence-electron chi connectivity index (χ4n) is 1.51. The summed E-state index contributed by atoms with van der Waals surface area (Å²) in [7, 11) is 0. The second-order valence-corrected chi connectivity index (χ2v) is 4.09. The highest BCUT2D eigenvalue weighted by Gasteiger charge is 2.42. The van der Waals surface area contributed by atoms with Gasteiger partial charge in [0.1, 0.15) is 12.7 Å². The lowest BCUT2D eigenvalue weighted by atomic mass is 10.3. The van der Waals surface area contributed by atoms with Gasteiger partial charge in [-0.15, -0.1) is 0 Å². The van der Waals surface area contributed by atoms with Crippen LogP contribution >= 0.6 is 0 Å². The molecule has 0 aromatic carbocycles.